The molecule has 1 N–H and O–H groups in total. The molecule has 0 aromatic carbocycles. The van der Waals surface area contributed by atoms with Gasteiger partial charge in [-0.25, -0.2) is 4.68 Å². The fraction of sp³-hybridized carbons (Fsp3) is 0.571. The first kappa shape index (κ1) is 15.2. The van der Waals surface area contributed by atoms with Crippen LogP contribution < -0.4 is 10.2 Å². The Morgan fingerprint density at radius 1 is 1.29 bits per heavy atom. The van der Waals surface area contributed by atoms with Gasteiger partial charge in [0, 0.05) is 32.5 Å². The van der Waals surface area contributed by atoms with Crippen molar-refractivity contribution in [1.29, 1.82) is 0 Å². The van der Waals surface area contributed by atoms with E-state index in [1.807, 2.05) is 12.3 Å². The van der Waals surface area contributed by atoms with Crippen LogP contribution in [0.4, 0.5) is 11.9 Å². The van der Waals surface area contributed by atoms with Gasteiger partial charge < -0.3 is 10.2 Å². The average Bonchev–Trinajstić information content (AvgIpc) is 3.06. The van der Waals surface area contributed by atoms with E-state index in [4.69, 9.17) is 0 Å². The average molecular weight is 289 g/mol. The van der Waals surface area contributed by atoms with Gasteiger partial charge in [0.2, 0.25) is 11.9 Å². The summed E-state index contributed by atoms with van der Waals surface area (Å²) in [4.78, 5) is 15.5. The van der Waals surface area contributed by atoms with E-state index in [0.717, 1.165) is 19.5 Å². The van der Waals surface area contributed by atoms with Gasteiger partial charge in [-0.05, 0) is 18.9 Å². The summed E-state index contributed by atoms with van der Waals surface area (Å²) < 4.78 is 1.64. The third kappa shape index (κ3) is 3.68. The van der Waals surface area contributed by atoms with Crippen molar-refractivity contribution in [1.82, 2.24) is 24.7 Å². The topological polar surface area (TPSA) is 71.8 Å². The molecule has 0 radical (unpaired) electrons. The first-order valence-electron chi connectivity index (χ1n) is 7.36. The standard InChI is InChI=1S/C14H23N7/c1-5-11(3)10-20(6-2)13-17-12(15-4)18-14(19-13)21-9-7-8-16-21/h7-9,11H,5-6,10H2,1-4H3,(H,15,17,18,19). The summed E-state index contributed by atoms with van der Waals surface area (Å²) in [5.74, 6) is 2.35. The van der Waals surface area contributed by atoms with E-state index in [0.29, 0.717) is 23.8 Å². The van der Waals surface area contributed by atoms with Gasteiger partial charge in [-0.1, -0.05) is 20.3 Å². The first-order chi connectivity index (χ1) is 10.2. The van der Waals surface area contributed by atoms with Crippen LogP contribution in [0, 0.1) is 5.92 Å². The van der Waals surface area contributed by atoms with Crippen LogP contribution in [0.15, 0.2) is 18.5 Å². The number of hydrogen-bond donors (Lipinski definition) is 1. The lowest BCUT2D eigenvalue weighted by Gasteiger charge is -2.24. The number of nitrogens with one attached hydrogen (secondary N) is 1. The van der Waals surface area contributed by atoms with Gasteiger partial charge >= 0.3 is 0 Å². The summed E-state index contributed by atoms with van der Waals surface area (Å²) in [6.07, 6.45) is 4.66. The van der Waals surface area contributed by atoms with Gasteiger partial charge in [0.15, 0.2) is 0 Å². The molecule has 0 aliphatic heterocycles. The minimum atomic E-state index is 0.525. The third-order valence-electron chi connectivity index (χ3n) is 3.44. The molecule has 2 rings (SSSR count). The summed E-state index contributed by atoms with van der Waals surface area (Å²) in [5, 5.41) is 7.17. The highest BCUT2D eigenvalue weighted by Crippen LogP contribution is 2.15. The highest BCUT2D eigenvalue weighted by atomic mass is 15.4. The van der Waals surface area contributed by atoms with E-state index in [9.17, 15) is 0 Å². The molecule has 2 aromatic rings. The molecule has 7 heteroatoms. The fourth-order valence-electron chi connectivity index (χ4n) is 1.95. The molecule has 7 nitrogen and oxygen atoms in total. The van der Waals surface area contributed by atoms with Crippen molar-refractivity contribution in [2.24, 2.45) is 5.92 Å². The molecule has 0 bridgehead atoms. The van der Waals surface area contributed by atoms with Crippen LogP contribution in [-0.4, -0.2) is 44.9 Å². The molecular weight excluding hydrogens is 266 g/mol. The van der Waals surface area contributed by atoms with Crippen LogP contribution in [-0.2, 0) is 0 Å². The summed E-state index contributed by atoms with van der Waals surface area (Å²) >= 11 is 0. The lowest BCUT2D eigenvalue weighted by Crippen LogP contribution is -2.30. The zero-order valence-corrected chi connectivity index (χ0v) is 13.1. The molecule has 0 saturated carbocycles. The van der Waals surface area contributed by atoms with E-state index in [-0.39, 0.29) is 0 Å². The third-order valence-corrected chi connectivity index (χ3v) is 3.44. The van der Waals surface area contributed by atoms with Crippen molar-refractivity contribution in [3.63, 3.8) is 0 Å². The number of rotatable bonds is 7. The first-order valence-corrected chi connectivity index (χ1v) is 7.36. The van der Waals surface area contributed by atoms with Crippen molar-refractivity contribution < 1.29 is 0 Å². The minimum Gasteiger partial charge on any atom is -0.357 e. The Labute approximate surface area is 125 Å². The number of aromatic nitrogens is 5. The second-order valence-electron chi connectivity index (χ2n) is 5.01. The van der Waals surface area contributed by atoms with Crippen LogP contribution in [0.1, 0.15) is 27.2 Å². The highest BCUT2D eigenvalue weighted by Gasteiger charge is 2.15. The Bertz CT molecular complexity index is 552. The minimum absolute atomic E-state index is 0.525. The van der Waals surface area contributed by atoms with Gasteiger partial charge in [-0.2, -0.15) is 20.1 Å². The lowest BCUT2D eigenvalue weighted by atomic mass is 10.1. The van der Waals surface area contributed by atoms with Gasteiger partial charge in [-0.15, -0.1) is 0 Å². The molecule has 0 aliphatic rings. The Balaban J connectivity index is 2.35. The molecule has 2 aromatic heterocycles. The van der Waals surface area contributed by atoms with Crippen LogP contribution in [0.5, 0.6) is 0 Å². The maximum Gasteiger partial charge on any atom is 0.257 e. The highest BCUT2D eigenvalue weighted by molar-refractivity contribution is 5.39. The summed E-state index contributed by atoms with van der Waals surface area (Å²) in [6.45, 7) is 8.32. The Morgan fingerprint density at radius 2 is 2.10 bits per heavy atom. The Hall–Kier alpha value is -2.18. The molecule has 0 aliphatic carbocycles. The van der Waals surface area contributed by atoms with Crippen molar-refractivity contribution >= 4 is 11.9 Å². The van der Waals surface area contributed by atoms with E-state index in [1.54, 1.807) is 17.9 Å². The molecule has 0 spiro atoms. The number of anilines is 2. The van der Waals surface area contributed by atoms with E-state index >= 15 is 0 Å². The van der Waals surface area contributed by atoms with E-state index in [1.165, 1.54) is 0 Å². The molecule has 0 amide bonds. The predicted octanol–water partition coefficient (Wildman–Crippen LogP) is 1.97. The second kappa shape index (κ2) is 7.01. The molecule has 21 heavy (non-hydrogen) atoms. The SMILES string of the molecule is CCC(C)CN(CC)c1nc(NC)nc(-n2cccn2)n1. The maximum atomic E-state index is 4.55. The Morgan fingerprint density at radius 3 is 2.67 bits per heavy atom. The van der Waals surface area contributed by atoms with Gasteiger partial charge in [0.1, 0.15) is 0 Å². The molecule has 2 heterocycles. The zero-order chi connectivity index (χ0) is 15.2. The van der Waals surface area contributed by atoms with E-state index < -0.39 is 0 Å². The number of hydrogen-bond acceptors (Lipinski definition) is 6. The van der Waals surface area contributed by atoms with Crippen molar-refractivity contribution in [2.75, 3.05) is 30.4 Å². The summed E-state index contributed by atoms with van der Waals surface area (Å²) in [7, 11) is 1.80. The molecular formula is C14H23N7. The normalized spacial score (nSPS) is 12.2. The van der Waals surface area contributed by atoms with Gasteiger partial charge in [0.25, 0.3) is 5.95 Å². The van der Waals surface area contributed by atoms with Crippen LogP contribution in [0.2, 0.25) is 0 Å². The van der Waals surface area contributed by atoms with Crippen LogP contribution in [0.3, 0.4) is 0 Å². The van der Waals surface area contributed by atoms with Crippen molar-refractivity contribution in [3.05, 3.63) is 18.5 Å². The molecule has 0 fully saturated rings. The van der Waals surface area contributed by atoms with Gasteiger partial charge in [0.05, 0.1) is 0 Å². The fourth-order valence-corrected chi connectivity index (χ4v) is 1.95. The summed E-state index contributed by atoms with van der Waals surface area (Å²) in [6, 6.07) is 1.85. The monoisotopic (exact) mass is 289 g/mol. The molecule has 0 saturated heterocycles. The largest absolute Gasteiger partial charge is 0.357 e. The number of nitrogens with zero attached hydrogens (tertiary/aromatic N) is 6. The van der Waals surface area contributed by atoms with Gasteiger partial charge in [-0.3, -0.25) is 0 Å². The predicted molar refractivity (Wildman–Crippen MR) is 83.8 cm³/mol. The zero-order valence-electron chi connectivity index (χ0n) is 13.1. The summed E-state index contributed by atoms with van der Waals surface area (Å²) in [5.41, 5.74) is 0. The lowest BCUT2D eigenvalue weighted by molar-refractivity contribution is 0.541. The van der Waals surface area contributed by atoms with Crippen LogP contribution in [0.25, 0.3) is 5.95 Å². The molecule has 1 unspecified atom stereocenters. The van der Waals surface area contributed by atoms with Crippen molar-refractivity contribution in [2.45, 2.75) is 27.2 Å². The second-order valence-corrected chi connectivity index (χ2v) is 5.01. The van der Waals surface area contributed by atoms with Crippen molar-refractivity contribution in [3.8, 4) is 5.95 Å². The van der Waals surface area contributed by atoms with Crippen LogP contribution >= 0.6 is 0 Å². The molecule has 1 atom stereocenters. The Kier molecular flexibility index (Phi) is 5.08. The van der Waals surface area contributed by atoms with E-state index in [2.05, 4.69) is 51.0 Å². The molecule has 114 valence electrons. The maximum absolute atomic E-state index is 4.55. The smallest absolute Gasteiger partial charge is 0.257 e. The quantitative estimate of drug-likeness (QED) is 0.840.